The van der Waals surface area contributed by atoms with Crippen LogP contribution in [0, 0.1) is 0 Å². The maximum absolute atomic E-state index is 6.29. The highest BCUT2D eigenvalue weighted by Crippen LogP contribution is 2.34. The Labute approximate surface area is 127 Å². The van der Waals surface area contributed by atoms with Gasteiger partial charge < -0.3 is 4.74 Å². The smallest absolute Gasteiger partial charge is 0.163 e. The molecule has 5 heteroatoms. The summed E-state index contributed by atoms with van der Waals surface area (Å²) in [6, 6.07) is 10.0. The van der Waals surface area contributed by atoms with Crippen molar-refractivity contribution in [2.45, 2.75) is 24.5 Å². The lowest BCUT2D eigenvalue weighted by atomic mass is 10.1. The molecule has 3 nitrogen and oxygen atoms in total. The standard InChI is InChI=1S/C15H15ClN2OS/c1-2-19-13(10-6-4-3-5-7-10)15-17-12-9-20-8-11(12)14(16)18-15/h3-7,13H,2,8-9H2,1H3. The number of thioether (sulfide) groups is 1. The zero-order valence-electron chi connectivity index (χ0n) is 11.2. The minimum atomic E-state index is -0.255. The molecule has 2 aromatic rings. The maximum Gasteiger partial charge on any atom is 0.163 e. The molecule has 0 saturated heterocycles. The molecule has 0 saturated carbocycles. The first-order chi connectivity index (χ1) is 9.79. The lowest BCUT2D eigenvalue weighted by molar-refractivity contribution is 0.0850. The highest BCUT2D eigenvalue weighted by Gasteiger charge is 2.23. The molecule has 0 fully saturated rings. The molecule has 20 heavy (non-hydrogen) atoms. The Morgan fingerprint density at radius 2 is 2.05 bits per heavy atom. The zero-order valence-corrected chi connectivity index (χ0v) is 12.7. The van der Waals surface area contributed by atoms with E-state index in [2.05, 4.69) is 9.97 Å². The van der Waals surface area contributed by atoms with Gasteiger partial charge in [-0.25, -0.2) is 9.97 Å². The van der Waals surface area contributed by atoms with E-state index in [0.717, 1.165) is 28.3 Å². The third kappa shape index (κ3) is 2.68. The molecule has 0 amide bonds. The van der Waals surface area contributed by atoms with Gasteiger partial charge in [-0.05, 0) is 12.5 Å². The van der Waals surface area contributed by atoms with Crippen molar-refractivity contribution in [3.63, 3.8) is 0 Å². The Morgan fingerprint density at radius 3 is 2.80 bits per heavy atom. The average molecular weight is 307 g/mol. The normalized spacial score (nSPS) is 15.1. The van der Waals surface area contributed by atoms with Gasteiger partial charge in [0, 0.05) is 23.7 Å². The van der Waals surface area contributed by atoms with E-state index in [9.17, 15) is 0 Å². The fourth-order valence-corrected chi connectivity index (χ4v) is 3.64. The predicted octanol–water partition coefficient (Wildman–Crippen LogP) is 4.00. The molecule has 1 aromatic carbocycles. The maximum atomic E-state index is 6.29. The highest BCUT2D eigenvalue weighted by atomic mass is 35.5. The van der Waals surface area contributed by atoms with E-state index in [4.69, 9.17) is 16.3 Å². The van der Waals surface area contributed by atoms with E-state index in [1.165, 1.54) is 0 Å². The molecular weight excluding hydrogens is 292 g/mol. The van der Waals surface area contributed by atoms with E-state index < -0.39 is 0 Å². The van der Waals surface area contributed by atoms with Gasteiger partial charge in [0.15, 0.2) is 5.82 Å². The fraction of sp³-hybridized carbons (Fsp3) is 0.333. The Hall–Kier alpha value is -1.10. The molecule has 1 aliphatic heterocycles. The highest BCUT2D eigenvalue weighted by molar-refractivity contribution is 7.98. The molecule has 104 valence electrons. The zero-order chi connectivity index (χ0) is 13.9. The van der Waals surface area contributed by atoms with Crippen LogP contribution < -0.4 is 0 Å². The summed E-state index contributed by atoms with van der Waals surface area (Å²) < 4.78 is 5.84. The Morgan fingerprint density at radius 1 is 1.25 bits per heavy atom. The van der Waals surface area contributed by atoms with Gasteiger partial charge >= 0.3 is 0 Å². The monoisotopic (exact) mass is 306 g/mol. The minimum absolute atomic E-state index is 0.255. The molecule has 0 N–H and O–H groups in total. The van der Waals surface area contributed by atoms with E-state index in [1.54, 1.807) is 0 Å². The number of rotatable bonds is 4. The second-order valence-corrected chi connectivity index (χ2v) is 5.88. The number of nitrogens with zero attached hydrogens (tertiary/aromatic N) is 2. The van der Waals surface area contributed by atoms with Crippen molar-refractivity contribution in [2.75, 3.05) is 6.61 Å². The van der Waals surface area contributed by atoms with Crippen LogP contribution in [0.15, 0.2) is 30.3 Å². The van der Waals surface area contributed by atoms with E-state index in [-0.39, 0.29) is 6.10 Å². The van der Waals surface area contributed by atoms with E-state index in [1.807, 2.05) is 49.0 Å². The van der Waals surface area contributed by atoms with Crippen molar-refractivity contribution in [1.29, 1.82) is 0 Å². The summed E-state index contributed by atoms with van der Waals surface area (Å²) in [4.78, 5) is 9.12. The number of hydrogen-bond donors (Lipinski definition) is 0. The SMILES string of the molecule is CCOC(c1ccccc1)c1nc(Cl)c2c(n1)CSC2. The van der Waals surface area contributed by atoms with Crippen LogP contribution in [0.3, 0.4) is 0 Å². The van der Waals surface area contributed by atoms with Gasteiger partial charge in [-0.3, -0.25) is 0 Å². The molecule has 1 unspecified atom stereocenters. The summed E-state index contributed by atoms with van der Waals surface area (Å²) in [5.41, 5.74) is 3.17. The van der Waals surface area contributed by atoms with Crippen LogP contribution in [0.2, 0.25) is 5.15 Å². The first-order valence-corrected chi connectivity index (χ1v) is 8.12. The Balaban J connectivity index is 2.02. The minimum Gasteiger partial charge on any atom is -0.366 e. The van der Waals surface area contributed by atoms with Crippen molar-refractivity contribution in [3.8, 4) is 0 Å². The van der Waals surface area contributed by atoms with Crippen LogP contribution >= 0.6 is 23.4 Å². The fourth-order valence-electron chi connectivity index (χ4n) is 2.26. The van der Waals surface area contributed by atoms with E-state index in [0.29, 0.717) is 17.6 Å². The van der Waals surface area contributed by atoms with Crippen LogP contribution in [0.5, 0.6) is 0 Å². The average Bonchev–Trinajstić information content (AvgIpc) is 2.94. The van der Waals surface area contributed by atoms with Gasteiger partial charge in [0.1, 0.15) is 11.3 Å². The summed E-state index contributed by atoms with van der Waals surface area (Å²) >= 11 is 8.11. The van der Waals surface area contributed by atoms with Crippen molar-refractivity contribution in [3.05, 3.63) is 58.1 Å². The number of aromatic nitrogens is 2. The predicted molar refractivity (Wildman–Crippen MR) is 82.0 cm³/mol. The third-order valence-corrected chi connectivity index (χ3v) is 4.50. The van der Waals surface area contributed by atoms with Gasteiger partial charge in [-0.15, -0.1) is 0 Å². The molecule has 3 rings (SSSR count). The van der Waals surface area contributed by atoms with Crippen LogP contribution in [-0.4, -0.2) is 16.6 Å². The summed E-state index contributed by atoms with van der Waals surface area (Å²) in [7, 11) is 0. The topological polar surface area (TPSA) is 35.0 Å². The van der Waals surface area contributed by atoms with Crippen LogP contribution in [0.4, 0.5) is 0 Å². The van der Waals surface area contributed by atoms with Crippen LogP contribution in [0.25, 0.3) is 0 Å². The Bertz CT molecular complexity index is 606. The molecule has 0 bridgehead atoms. The van der Waals surface area contributed by atoms with Gasteiger partial charge in [0.05, 0.1) is 5.69 Å². The van der Waals surface area contributed by atoms with Gasteiger partial charge in [-0.1, -0.05) is 41.9 Å². The van der Waals surface area contributed by atoms with Crippen molar-refractivity contribution in [2.24, 2.45) is 0 Å². The molecule has 2 heterocycles. The first-order valence-electron chi connectivity index (χ1n) is 6.59. The van der Waals surface area contributed by atoms with E-state index >= 15 is 0 Å². The second kappa shape index (κ2) is 6.12. The molecule has 1 aliphatic rings. The van der Waals surface area contributed by atoms with Crippen molar-refractivity contribution >= 4 is 23.4 Å². The lowest BCUT2D eigenvalue weighted by Gasteiger charge is -2.17. The number of benzene rings is 1. The summed E-state index contributed by atoms with van der Waals surface area (Å²) in [6.07, 6.45) is -0.255. The quantitative estimate of drug-likeness (QED) is 0.800. The summed E-state index contributed by atoms with van der Waals surface area (Å²) in [5.74, 6) is 2.46. The number of hydrogen-bond acceptors (Lipinski definition) is 4. The van der Waals surface area contributed by atoms with Gasteiger partial charge in [0.25, 0.3) is 0 Å². The lowest BCUT2D eigenvalue weighted by Crippen LogP contribution is -2.12. The van der Waals surface area contributed by atoms with Crippen molar-refractivity contribution < 1.29 is 4.74 Å². The molecular formula is C15H15ClN2OS. The number of halogens is 1. The molecule has 0 aliphatic carbocycles. The first kappa shape index (κ1) is 13.9. The van der Waals surface area contributed by atoms with Gasteiger partial charge in [-0.2, -0.15) is 11.8 Å². The molecule has 1 aromatic heterocycles. The summed E-state index contributed by atoms with van der Waals surface area (Å²) in [5, 5.41) is 0.565. The van der Waals surface area contributed by atoms with Crippen LogP contribution in [-0.2, 0) is 16.2 Å². The number of ether oxygens (including phenoxy) is 1. The van der Waals surface area contributed by atoms with Gasteiger partial charge in [0.2, 0.25) is 0 Å². The molecule has 1 atom stereocenters. The summed E-state index contributed by atoms with van der Waals surface area (Å²) in [6.45, 7) is 2.58. The number of fused-ring (bicyclic) bond motifs is 1. The van der Waals surface area contributed by atoms with Crippen molar-refractivity contribution in [1.82, 2.24) is 9.97 Å². The second-order valence-electron chi connectivity index (χ2n) is 4.54. The molecule has 0 radical (unpaired) electrons. The Kier molecular flexibility index (Phi) is 4.24. The molecule has 0 spiro atoms. The largest absolute Gasteiger partial charge is 0.366 e. The third-order valence-electron chi connectivity index (χ3n) is 3.21. The van der Waals surface area contributed by atoms with Crippen LogP contribution in [0.1, 0.15) is 35.7 Å².